The molecule has 1 aromatic carbocycles. The third-order valence-electron chi connectivity index (χ3n) is 4.49. The van der Waals surface area contributed by atoms with E-state index in [2.05, 4.69) is 25.4 Å². The van der Waals surface area contributed by atoms with Crippen LogP contribution in [0.1, 0.15) is 13.3 Å². The Morgan fingerprint density at radius 2 is 1.55 bits per heavy atom. The molecule has 2 amide bonds. The summed E-state index contributed by atoms with van der Waals surface area (Å²) in [5, 5.41) is 5.60. The fourth-order valence-corrected chi connectivity index (χ4v) is 3.06. The minimum Gasteiger partial charge on any atom is -0.354 e. The lowest BCUT2D eigenvalue weighted by atomic mass is 10.2. The zero-order chi connectivity index (χ0) is 19.1. The molecular weight excluding hydrogens is 413 g/mol. The number of halogens is 2. The molecule has 9 heteroatoms. The number of pyridine rings is 1. The number of nitrogens with one attached hydrogen (secondary N) is 2. The lowest BCUT2D eigenvalue weighted by Gasteiger charge is -2.35. The van der Waals surface area contributed by atoms with Gasteiger partial charge in [-0.15, -0.1) is 24.8 Å². The molecule has 2 N–H and O–H groups in total. The van der Waals surface area contributed by atoms with Crippen LogP contribution in [-0.4, -0.2) is 54.4 Å². The number of hydrogen-bond acceptors (Lipinski definition) is 5. The first-order chi connectivity index (χ1) is 13.1. The summed E-state index contributed by atoms with van der Waals surface area (Å²) in [6.45, 7) is 5.90. The number of rotatable bonds is 6. The van der Waals surface area contributed by atoms with E-state index in [1.165, 1.54) is 6.92 Å². The van der Waals surface area contributed by atoms with Crippen molar-refractivity contribution in [2.45, 2.75) is 13.3 Å². The van der Waals surface area contributed by atoms with Crippen molar-refractivity contribution in [3.8, 4) is 0 Å². The van der Waals surface area contributed by atoms with E-state index in [4.69, 9.17) is 0 Å². The van der Waals surface area contributed by atoms with Crippen LogP contribution < -0.4 is 15.5 Å². The van der Waals surface area contributed by atoms with Gasteiger partial charge in [-0.2, -0.15) is 0 Å². The number of aromatic nitrogens is 1. The van der Waals surface area contributed by atoms with Gasteiger partial charge in [-0.1, -0.05) is 6.07 Å². The fraction of sp³-hybridized carbons (Fsp3) is 0.350. The normalized spacial score (nSPS) is 13.6. The van der Waals surface area contributed by atoms with E-state index < -0.39 is 0 Å². The second-order valence-corrected chi connectivity index (χ2v) is 6.57. The molecule has 7 nitrogen and oxygen atoms in total. The minimum absolute atomic E-state index is 0. The van der Waals surface area contributed by atoms with Crippen molar-refractivity contribution in [1.29, 1.82) is 0 Å². The van der Waals surface area contributed by atoms with Gasteiger partial charge < -0.3 is 15.5 Å². The zero-order valence-corrected chi connectivity index (χ0v) is 18.0. The van der Waals surface area contributed by atoms with Gasteiger partial charge in [0.1, 0.15) is 5.82 Å². The van der Waals surface area contributed by atoms with Crippen LogP contribution in [0.2, 0.25) is 0 Å². The Bertz CT molecular complexity index is 766. The molecule has 1 saturated heterocycles. The third-order valence-corrected chi connectivity index (χ3v) is 4.49. The SMILES string of the molecule is CC(=O)Nc1ccc(NC(=O)CCN2CCN(c3ccccn3)CC2)cc1.Cl.Cl. The summed E-state index contributed by atoms with van der Waals surface area (Å²) in [4.78, 5) is 32.2. The minimum atomic E-state index is -0.116. The number of carbonyl (C=O) groups is 2. The van der Waals surface area contributed by atoms with E-state index in [1.54, 1.807) is 24.3 Å². The topological polar surface area (TPSA) is 77.6 Å². The van der Waals surface area contributed by atoms with Crippen LogP contribution in [0.5, 0.6) is 0 Å². The molecule has 0 spiro atoms. The maximum absolute atomic E-state index is 12.2. The number of benzene rings is 1. The van der Waals surface area contributed by atoms with Crippen LogP contribution in [0.3, 0.4) is 0 Å². The summed E-state index contributed by atoms with van der Waals surface area (Å²) in [7, 11) is 0. The summed E-state index contributed by atoms with van der Waals surface area (Å²) < 4.78 is 0. The second-order valence-electron chi connectivity index (χ2n) is 6.57. The molecule has 2 heterocycles. The Morgan fingerprint density at radius 1 is 0.931 bits per heavy atom. The molecule has 0 atom stereocenters. The van der Waals surface area contributed by atoms with Gasteiger partial charge in [0, 0.05) is 63.6 Å². The number of anilines is 3. The van der Waals surface area contributed by atoms with Crippen LogP contribution in [0, 0.1) is 0 Å². The predicted molar refractivity (Wildman–Crippen MR) is 121 cm³/mol. The molecule has 2 aromatic rings. The fourth-order valence-electron chi connectivity index (χ4n) is 3.06. The maximum Gasteiger partial charge on any atom is 0.225 e. The number of amides is 2. The summed E-state index contributed by atoms with van der Waals surface area (Å²) in [6, 6.07) is 13.1. The number of piperazine rings is 1. The lowest BCUT2D eigenvalue weighted by Crippen LogP contribution is -2.47. The summed E-state index contributed by atoms with van der Waals surface area (Å²) in [5.74, 6) is 0.891. The summed E-state index contributed by atoms with van der Waals surface area (Å²) in [5.41, 5.74) is 1.44. The van der Waals surface area contributed by atoms with Crippen molar-refractivity contribution in [2.24, 2.45) is 0 Å². The largest absolute Gasteiger partial charge is 0.354 e. The predicted octanol–water partition coefficient (Wildman–Crippen LogP) is 3.03. The highest BCUT2D eigenvalue weighted by molar-refractivity contribution is 5.92. The van der Waals surface area contributed by atoms with Gasteiger partial charge in [-0.25, -0.2) is 4.98 Å². The molecule has 0 saturated carbocycles. The molecular formula is C20H27Cl2N5O2. The van der Waals surface area contributed by atoms with Gasteiger partial charge in [0.15, 0.2) is 0 Å². The molecule has 0 aliphatic carbocycles. The smallest absolute Gasteiger partial charge is 0.225 e. The molecule has 158 valence electrons. The summed E-state index contributed by atoms with van der Waals surface area (Å²) in [6.07, 6.45) is 2.27. The average molecular weight is 440 g/mol. The Balaban J connectivity index is 0.00000210. The van der Waals surface area contributed by atoms with Gasteiger partial charge in [0.05, 0.1) is 0 Å². The van der Waals surface area contributed by atoms with Crippen LogP contribution in [-0.2, 0) is 9.59 Å². The van der Waals surface area contributed by atoms with Gasteiger partial charge >= 0.3 is 0 Å². The van der Waals surface area contributed by atoms with E-state index in [9.17, 15) is 9.59 Å². The molecule has 3 rings (SSSR count). The van der Waals surface area contributed by atoms with Crippen molar-refractivity contribution >= 4 is 53.8 Å². The Morgan fingerprint density at radius 3 is 2.10 bits per heavy atom. The second kappa shape index (κ2) is 12.3. The highest BCUT2D eigenvalue weighted by atomic mass is 35.5. The van der Waals surface area contributed by atoms with Gasteiger partial charge in [0.25, 0.3) is 0 Å². The highest BCUT2D eigenvalue weighted by Gasteiger charge is 2.18. The van der Waals surface area contributed by atoms with Crippen LogP contribution in [0.25, 0.3) is 0 Å². The molecule has 0 bridgehead atoms. The van der Waals surface area contributed by atoms with Crippen LogP contribution in [0.4, 0.5) is 17.2 Å². The molecule has 1 fully saturated rings. The summed E-state index contributed by atoms with van der Waals surface area (Å²) >= 11 is 0. The first kappa shape index (κ1) is 24.7. The van der Waals surface area contributed by atoms with E-state index in [0.29, 0.717) is 12.1 Å². The maximum atomic E-state index is 12.2. The van der Waals surface area contributed by atoms with E-state index in [1.807, 2.05) is 24.4 Å². The highest BCUT2D eigenvalue weighted by Crippen LogP contribution is 2.15. The molecule has 1 aromatic heterocycles. The van der Waals surface area contributed by atoms with E-state index >= 15 is 0 Å². The molecule has 0 unspecified atom stereocenters. The Hall–Kier alpha value is -2.35. The molecule has 29 heavy (non-hydrogen) atoms. The quantitative estimate of drug-likeness (QED) is 0.722. The van der Waals surface area contributed by atoms with Crippen molar-refractivity contribution in [2.75, 3.05) is 48.3 Å². The average Bonchev–Trinajstić information content (AvgIpc) is 2.69. The Kier molecular flexibility index (Phi) is 10.4. The lowest BCUT2D eigenvalue weighted by molar-refractivity contribution is -0.116. The van der Waals surface area contributed by atoms with Crippen LogP contribution >= 0.6 is 24.8 Å². The first-order valence-corrected chi connectivity index (χ1v) is 9.16. The Labute approximate surface area is 183 Å². The third kappa shape index (κ3) is 7.89. The van der Waals surface area contributed by atoms with Crippen molar-refractivity contribution in [3.05, 3.63) is 48.7 Å². The standard InChI is InChI=1S/C20H25N5O2.2ClH/c1-16(26)22-17-5-7-18(8-6-17)23-20(27)9-11-24-12-14-25(15-13-24)19-4-2-3-10-21-19;;/h2-8,10H,9,11-15H2,1H3,(H,22,26)(H,23,27);2*1H. The van der Waals surface area contributed by atoms with Gasteiger partial charge in [-0.05, 0) is 36.4 Å². The molecule has 0 radical (unpaired) electrons. The van der Waals surface area contributed by atoms with Crippen molar-refractivity contribution in [3.63, 3.8) is 0 Å². The van der Waals surface area contributed by atoms with E-state index in [-0.39, 0.29) is 36.6 Å². The first-order valence-electron chi connectivity index (χ1n) is 9.16. The molecule has 1 aliphatic rings. The number of nitrogens with zero attached hydrogens (tertiary/aromatic N) is 3. The van der Waals surface area contributed by atoms with Crippen molar-refractivity contribution < 1.29 is 9.59 Å². The van der Waals surface area contributed by atoms with Gasteiger partial charge in [-0.3, -0.25) is 14.5 Å². The monoisotopic (exact) mass is 439 g/mol. The molecule has 1 aliphatic heterocycles. The number of carbonyl (C=O) groups excluding carboxylic acids is 2. The van der Waals surface area contributed by atoms with Gasteiger partial charge in [0.2, 0.25) is 11.8 Å². The van der Waals surface area contributed by atoms with Crippen molar-refractivity contribution in [1.82, 2.24) is 9.88 Å². The van der Waals surface area contributed by atoms with Crippen LogP contribution in [0.15, 0.2) is 48.7 Å². The zero-order valence-electron chi connectivity index (χ0n) is 16.3. The number of hydrogen-bond donors (Lipinski definition) is 2. The van der Waals surface area contributed by atoms with E-state index in [0.717, 1.165) is 44.2 Å².